The average molecular weight is 212 g/mol. The summed E-state index contributed by atoms with van der Waals surface area (Å²) in [5, 5.41) is 12.6. The minimum atomic E-state index is -0.783. The number of nitrogens with zero attached hydrogens (tertiary/aromatic N) is 1. The Morgan fingerprint density at radius 2 is 2.20 bits per heavy atom. The number of rotatable bonds is 0. The molecule has 4 nitrogen and oxygen atoms in total. The molecule has 15 heavy (non-hydrogen) atoms. The van der Waals surface area contributed by atoms with Gasteiger partial charge in [0.1, 0.15) is 0 Å². The van der Waals surface area contributed by atoms with E-state index in [9.17, 15) is 4.79 Å². The number of hydrogen-bond acceptors (Lipinski definition) is 2. The van der Waals surface area contributed by atoms with E-state index in [1.54, 1.807) is 4.90 Å². The predicted molar refractivity (Wildman–Crippen MR) is 57.9 cm³/mol. The highest BCUT2D eigenvalue weighted by Gasteiger charge is 2.56. The molecule has 0 aromatic rings. The standard InChI is InChI=1S/C11H20N2O2/c1-10(2,3)11-7-13(9(14)15)6-8(11)4-5-12-11/h8,12H,4-7H2,1-3H3,(H,14,15). The number of carboxylic acid groups (broad SMARTS) is 1. The highest BCUT2D eigenvalue weighted by Crippen LogP contribution is 2.46. The quantitative estimate of drug-likeness (QED) is 0.637. The number of hydrogen-bond donors (Lipinski definition) is 2. The molecule has 2 unspecified atom stereocenters. The van der Waals surface area contributed by atoms with Gasteiger partial charge in [-0.1, -0.05) is 20.8 Å². The molecule has 2 aliphatic rings. The lowest BCUT2D eigenvalue weighted by Gasteiger charge is -2.42. The Morgan fingerprint density at radius 1 is 1.53 bits per heavy atom. The van der Waals surface area contributed by atoms with E-state index >= 15 is 0 Å². The van der Waals surface area contributed by atoms with E-state index in [0.29, 0.717) is 19.0 Å². The summed E-state index contributed by atoms with van der Waals surface area (Å²) in [5.41, 5.74) is 0.101. The van der Waals surface area contributed by atoms with Gasteiger partial charge >= 0.3 is 6.09 Å². The van der Waals surface area contributed by atoms with Gasteiger partial charge in [-0.25, -0.2) is 4.79 Å². The maximum absolute atomic E-state index is 11.0. The summed E-state index contributed by atoms with van der Waals surface area (Å²) in [7, 11) is 0. The van der Waals surface area contributed by atoms with E-state index in [1.165, 1.54) is 0 Å². The minimum Gasteiger partial charge on any atom is -0.465 e. The summed E-state index contributed by atoms with van der Waals surface area (Å²) in [4.78, 5) is 12.6. The lowest BCUT2D eigenvalue weighted by molar-refractivity contribution is 0.125. The molecular weight excluding hydrogens is 192 g/mol. The molecule has 0 aromatic heterocycles. The Bertz CT molecular complexity index is 285. The number of nitrogens with one attached hydrogen (secondary N) is 1. The number of likely N-dealkylation sites (tertiary alicyclic amines) is 1. The van der Waals surface area contributed by atoms with Gasteiger partial charge in [-0.15, -0.1) is 0 Å². The molecule has 0 radical (unpaired) electrons. The molecule has 0 aliphatic carbocycles. The fourth-order valence-corrected chi connectivity index (χ4v) is 3.18. The number of fused-ring (bicyclic) bond motifs is 1. The normalized spacial score (nSPS) is 35.7. The van der Waals surface area contributed by atoms with E-state index in [0.717, 1.165) is 13.0 Å². The Morgan fingerprint density at radius 3 is 2.67 bits per heavy atom. The molecule has 4 heteroatoms. The second kappa shape index (κ2) is 3.11. The molecule has 86 valence electrons. The summed E-state index contributed by atoms with van der Waals surface area (Å²) in [5.74, 6) is 0.480. The van der Waals surface area contributed by atoms with Crippen molar-refractivity contribution in [2.45, 2.75) is 32.7 Å². The van der Waals surface area contributed by atoms with Crippen LogP contribution in [-0.4, -0.2) is 41.3 Å². The molecule has 0 bridgehead atoms. The van der Waals surface area contributed by atoms with Gasteiger partial charge in [0.2, 0.25) is 0 Å². The molecule has 0 saturated carbocycles. The molecule has 2 rings (SSSR count). The third-order valence-corrected chi connectivity index (χ3v) is 4.12. The first kappa shape index (κ1) is 10.7. The molecule has 2 aliphatic heterocycles. The zero-order chi connectivity index (χ0) is 11.3. The van der Waals surface area contributed by atoms with E-state index in [4.69, 9.17) is 5.11 Å². The van der Waals surface area contributed by atoms with E-state index in [2.05, 4.69) is 26.1 Å². The van der Waals surface area contributed by atoms with E-state index in [1.807, 2.05) is 0 Å². The number of amides is 1. The van der Waals surface area contributed by atoms with Crippen LogP contribution in [0.1, 0.15) is 27.2 Å². The van der Waals surface area contributed by atoms with Gasteiger partial charge in [0.05, 0.1) is 0 Å². The zero-order valence-corrected chi connectivity index (χ0v) is 9.71. The lowest BCUT2D eigenvalue weighted by atomic mass is 9.69. The van der Waals surface area contributed by atoms with Crippen LogP contribution in [0.2, 0.25) is 0 Å². The molecule has 1 amide bonds. The van der Waals surface area contributed by atoms with Gasteiger partial charge in [0.25, 0.3) is 0 Å². The summed E-state index contributed by atoms with van der Waals surface area (Å²) in [6.07, 6.45) is 0.316. The monoisotopic (exact) mass is 212 g/mol. The fraction of sp³-hybridized carbons (Fsp3) is 0.909. The van der Waals surface area contributed by atoms with Crippen LogP contribution in [0.3, 0.4) is 0 Å². The Balaban J connectivity index is 2.26. The maximum atomic E-state index is 11.0. The SMILES string of the molecule is CC(C)(C)C12CN(C(=O)O)CC1CCN2. The van der Waals surface area contributed by atoms with Crippen molar-refractivity contribution in [3.8, 4) is 0 Å². The summed E-state index contributed by atoms with van der Waals surface area (Å²) in [6.45, 7) is 8.95. The molecule has 2 N–H and O–H groups in total. The van der Waals surface area contributed by atoms with E-state index < -0.39 is 6.09 Å². The Labute approximate surface area is 90.6 Å². The van der Waals surface area contributed by atoms with Crippen molar-refractivity contribution in [3.63, 3.8) is 0 Å². The van der Waals surface area contributed by atoms with Crippen LogP contribution in [-0.2, 0) is 0 Å². The second-order valence-corrected chi connectivity index (χ2v) is 5.80. The van der Waals surface area contributed by atoms with Crippen molar-refractivity contribution in [2.24, 2.45) is 11.3 Å². The van der Waals surface area contributed by atoms with Crippen LogP contribution in [0, 0.1) is 11.3 Å². The van der Waals surface area contributed by atoms with Crippen LogP contribution in [0.25, 0.3) is 0 Å². The van der Waals surface area contributed by atoms with Crippen molar-refractivity contribution in [3.05, 3.63) is 0 Å². The van der Waals surface area contributed by atoms with Crippen molar-refractivity contribution in [1.29, 1.82) is 0 Å². The smallest absolute Gasteiger partial charge is 0.407 e. The Hall–Kier alpha value is -0.770. The van der Waals surface area contributed by atoms with Crippen molar-refractivity contribution < 1.29 is 9.90 Å². The largest absolute Gasteiger partial charge is 0.465 e. The van der Waals surface area contributed by atoms with Crippen molar-refractivity contribution in [1.82, 2.24) is 10.2 Å². The van der Waals surface area contributed by atoms with Crippen LogP contribution in [0.15, 0.2) is 0 Å². The Kier molecular flexibility index (Phi) is 2.23. The molecule has 2 fully saturated rings. The molecule has 2 heterocycles. The predicted octanol–water partition coefficient (Wildman–Crippen LogP) is 1.37. The highest BCUT2D eigenvalue weighted by molar-refractivity contribution is 5.66. The first-order valence-electron chi connectivity index (χ1n) is 5.60. The molecule has 2 atom stereocenters. The fourth-order valence-electron chi connectivity index (χ4n) is 3.18. The first-order chi connectivity index (χ1) is 6.87. The second-order valence-electron chi connectivity index (χ2n) is 5.80. The summed E-state index contributed by atoms with van der Waals surface area (Å²) in [6, 6.07) is 0. The lowest BCUT2D eigenvalue weighted by Crippen LogP contribution is -2.56. The highest BCUT2D eigenvalue weighted by atomic mass is 16.4. The third-order valence-electron chi connectivity index (χ3n) is 4.12. The maximum Gasteiger partial charge on any atom is 0.407 e. The van der Waals surface area contributed by atoms with Crippen LogP contribution in [0.5, 0.6) is 0 Å². The van der Waals surface area contributed by atoms with Gasteiger partial charge in [0.15, 0.2) is 0 Å². The molecular formula is C11H20N2O2. The topological polar surface area (TPSA) is 52.6 Å². The zero-order valence-electron chi connectivity index (χ0n) is 9.71. The van der Waals surface area contributed by atoms with Gasteiger partial charge in [-0.2, -0.15) is 0 Å². The van der Waals surface area contributed by atoms with Crippen LogP contribution < -0.4 is 5.32 Å². The van der Waals surface area contributed by atoms with Gasteiger partial charge in [-0.3, -0.25) is 0 Å². The first-order valence-corrected chi connectivity index (χ1v) is 5.60. The molecule has 0 aromatic carbocycles. The van der Waals surface area contributed by atoms with Crippen LogP contribution in [0.4, 0.5) is 4.79 Å². The van der Waals surface area contributed by atoms with E-state index in [-0.39, 0.29) is 11.0 Å². The number of carbonyl (C=O) groups is 1. The molecule has 2 saturated heterocycles. The third kappa shape index (κ3) is 1.42. The van der Waals surface area contributed by atoms with Gasteiger partial charge < -0.3 is 15.3 Å². The van der Waals surface area contributed by atoms with Crippen molar-refractivity contribution >= 4 is 6.09 Å². The van der Waals surface area contributed by atoms with Gasteiger partial charge in [-0.05, 0) is 24.3 Å². The summed E-state index contributed by atoms with van der Waals surface area (Å²) >= 11 is 0. The average Bonchev–Trinajstić information content (AvgIpc) is 2.55. The van der Waals surface area contributed by atoms with Gasteiger partial charge in [0, 0.05) is 18.6 Å². The summed E-state index contributed by atoms with van der Waals surface area (Å²) < 4.78 is 0. The minimum absolute atomic E-state index is 0.00854. The molecule has 0 spiro atoms. The van der Waals surface area contributed by atoms with Crippen molar-refractivity contribution in [2.75, 3.05) is 19.6 Å². The van der Waals surface area contributed by atoms with Crippen LogP contribution >= 0.6 is 0 Å².